The number of benzene rings is 1. The number of thiazole rings is 1. The Morgan fingerprint density at radius 3 is 2.31 bits per heavy atom. The van der Waals surface area contributed by atoms with Crippen molar-refractivity contribution in [2.45, 2.75) is 92.7 Å². The van der Waals surface area contributed by atoms with Crippen LogP contribution in [0.15, 0.2) is 29.8 Å². The summed E-state index contributed by atoms with van der Waals surface area (Å²) >= 11 is 1.70. The second-order valence-corrected chi connectivity index (χ2v) is 11.1. The molecule has 1 aliphatic heterocycles. The highest BCUT2D eigenvalue weighted by atomic mass is 32.1. The summed E-state index contributed by atoms with van der Waals surface area (Å²) < 4.78 is 0. The van der Waals surface area contributed by atoms with Crippen LogP contribution in [0.5, 0.6) is 0 Å². The van der Waals surface area contributed by atoms with E-state index in [1.807, 2.05) is 33.2 Å². The number of hydrogen-bond donors (Lipinski definition) is 1. The topological polar surface area (TPSA) is 79.4 Å². The largest absolute Gasteiger partial charge is 0.344 e. The quantitative estimate of drug-likeness (QED) is 0.539. The van der Waals surface area contributed by atoms with E-state index in [2.05, 4.69) is 48.4 Å². The van der Waals surface area contributed by atoms with E-state index in [0.29, 0.717) is 13.0 Å². The number of rotatable bonds is 7. The minimum atomic E-state index is -0.593. The molecular formula is C28H41N3O3S. The summed E-state index contributed by atoms with van der Waals surface area (Å²) in [6, 6.07) is 7.84. The minimum absolute atomic E-state index is 0.135. The van der Waals surface area contributed by atoms with E-state index in [1.54, 1.807) is 16.2 Å². The molecule has 6 nitrogen and oxygen atoms in total. The van der Waals surface area contributed by atoms with Crippen molar-refractivity contribution < 1.29 is 14.4 Å². The number of hydrogen-bond acceptors (Lipinski definition) is 5. The van der Waals surface area contributed by atoms with Crippen molar-refractivity contribution in [2.24, 2.45) is 5.41 Å². The lowest BCUT2D eigenvalue weighted by molar-refractivity contribution is -0.143. The molecule has 7 heteroatoms. The lowest BCUT2D eigenvalue weighted by atomic mass is 9.85. The van der Waals surface area contributed by atoms with Gasteiger partial charge in [-0.05, 0) is 49.1 Å². The third-order valence-electron chi connectivity index (χ3n) is 6.23. The van der Waals surface area contributed by atoms with E-state index in [1.165, 1.54) is 22.9 Å². The van der Waals surface area contributed by atoms with Crippen LogP contribution in [0.4, 0.5) is 0 Å². The molecule has 2 aromatic rings. The lowest BCUT2D eigenvalue weighted by Gasteiger charge is -2.35. The zero-order chi connectivity index (χ0) is 26.2. The molecule has 1 aromatic carbocycles. The second-order valence-electron chi connectivity index (χ2n) is 10.2. The fourth-order valence-corrected chi connectivity index (χ4v) is 5.08. The lowest BCUT2D eigenvalue weighted by Crippen LogP contribution is -2.56. The van der Waals surface area contributed by atoms with Gasteiger partial charge in [0.25, 0.3) is 0 Å². The van der Waals surface area contributed by atoms with Gasteiger partial charge >= 0.3 is 0 Å². The predicted molar refractivity (Wildman–Crippen MR) is 143 cm³/mol. The molecule has 35 heavy (non-hydrogen) atoms. The van der Waals surface area contributed by atoms with Gasteiger partial charge in [0, 0.05) is 19.9 Å². The summed E-state index contributed by atoms with van der Waals surface area (Å²) in [4.78, 5) is 43.6. The van der Waals surface area contributed by atoms with Gasteiger partial charge in [0.1, 0.15) is 6.04 Å². The fraction of sp³-hybridized carbons (Fsp3) is 0.571. The molecule has 0 saturated carbocycles. The van der Waals surface area contributed by atoms with Gasteiger partial charge in [0.05, 0.1) is 22.1 Å². The number of aryl methyl sites for hydroxylation is 2. The van der Waals surface area contributed by atoms with E-state index < -0.39 is 6.04 Å². The van der Waals surface area contributed by atoms with Crippen molar-refractivity contribution in [2.75, 3.05) is 6.54 Å². The van der Waals surface area contributed by atoms with Gasteiger partial charge in [-0.25, -0.2) is 4.98 Å². The standard InChI is InChI=1S/C16H28N2O3.C12H13NS/c1-6-8-13(20)12-9-7-10-18(12)15(21)14(16(3,4)5)17-11(2)19;1-3-10-4-6-11(7-5-10)12-9(2)13-8-14-12/h12,14H,6-10H2,1-5H3,(H,17,19);4-8H,3H2,1-2H3. The van der Waals surface area contributed by atoms with Gasteiger partial charge < -0.3 is 10.2 Å². The number of aromatic nitrogens is 1. The van der Waals surface area contributed by atoms with Crippen molar-refractivity contribution in [3.05, 3.63) is 41.0 Å². The van der Waals surface area contributed by atoms with Crippen molar-refractivity contribution in [3.63, 3.8) is 0 Å². The van der Waals surface area contributed by atoms with E-state index in [9.17, 15) is 14.4 Å². The molecule has 1 saturated heterocycles. The number of Topliss-reactive ketones (excluding diaryl/α,β-unsaturated/α-hetero) is 1. The normalized spacial score (nSPS) is 16.3. The molecule has 3 rings (SSSR count). The monoisotopic (exact) mass is 499 g/mol. The van der Waals surface area contributed by atoms with Crippen LogP contribution in [0, 0.1) is 12.3 Å². The molecule has 2 heterocycles. The van der Waals surface area contributed by atoms with Crippen LogP contribution in [-0.4, -0.2) is 46.1 Å². The summed E-state index contributed by atoms with van der Waals surface area (Å²) in [5, 5.41) is 2.75. The van der Waals surface area contributed by atoms with E-state index >= 15 is 0 Å². The van der Waals surface area contributed by atoms with Crippen molar-refractivity contribution >= 4 is 28.9 Å². The third-order valence-corrected chi connectivity index (χ3v) is 7.21. The molecule has 1 aliphatic rings. The van der Waals surface area contributed by atoms with Crippen LogP contribution in [0.3, 0.4) is 0 Å². The Balaban J connectivity index is 0.000000266. The Kier molecular flexibility index (Phi) is 10.6. The second kappa shape index (κ2) is 13.0. The Hall–Kier alpha value is -2.54. The Morgan fingerprint density at radius 1 is 1.17 bits per heavy atom. The summed E-state index contributed by atoms with van der Waals surface area (Å²) in [6.07, 6.45) is 3.99. The predicted octanol–water partition coefficient (Wildman–Crippen LogP) is 5.58. The molecule has 2 atom stereocenters. The molecule has 0 spiro atoms. The summed E-state index contributed by atoms with van der Waals surface area (Å²) in [5.41, 5.74) is 5.31. The number of ketones is 1. The Bertz CT molecular complexity index is 992. The van der Waals surface area contributed by atoms with E-state index in [4.69, 9.17) is 0 Å². The first-order valence-electron chi connectivity index (χ1n) is 12.6. The van der Waals surface area contributed by atoms with Crippen LogP contribution >= 0.6 is 11.3 Å². The molecule has 0 bridgehead atoms. The molecular weight excluding hydrogens is 458 g/mol. The Morgan fingerprint density at radius 2 is 1.83 bits per heavy atom. The van der Waals surface area contributed by atoms with Gasteiger partial charge in [-0.3, -0.25) is 14.4 Å². The number of likely N-dealkylation sites (tertiary alicyclic amines) is 1. The van der Waals surface area contributed by atoms with Crippen LogP contribution in [0.25, 0.3) is 10.4 Å². The third kappa shape index (κ3) is 7.99. The highest BCUT2D eigenvalue weighted by molar-refractivity contribution is 7.13. The maximum absolute atomic E-state index is 12.8. The first-order chi connectivity index (χ1) is 16.5. The van der Waals surface area contributed by atoms with Crippen molar-refractivity contribution in [3.8, 4) is 10.4 Å². The molecule has 2 amide bonds. The van der Waals surface area contributed by atoms with Crippen LogP contribution in [-0.2, 0) is 20.8 Å². The average molecular weight is 500 g/mol. The minimum Gasteiger partial charge on any atom is -0.344 e. The van der Waals surface area contributed by atoms with Gasteiger partial charge in [0.2, 0.25) is 11.8 Å². The number of nitrogens with one attached hydrogen (secondary N) is 1. The van der Waals surface area contributed by atoms with Gasteiger partial charge in [-0.15, -0.1) is 11.3 Å². The molecule has 2 unspecified atom stereocenters. The van der Waals surface area contributed by atoms with Crippen LogP contribution in [0.1, 0.15) is 78.5 Å². The fourth-order valence-electron chi connectivity index (χ4n) is 4.27. The number of nitrogens with zero attached hydrogens (tertiary/aromatic N) is 2. The molecule has 1 N–H and O–H groups in total. The smallest absolute Gasteiger partial charge is 0.246 e. The van der Waals surface area contributed by atoms with E-state index in [0.717, 1.165) is 31.4 Å². The molecule has 1 fully saturated rings. The molecule has 0 aliphatic carbocycles. The average Bonchev–Trinajstić information content (AvgIpc) is 3.46. The van der Waals surface area contributed by atoms with Crippen LogP contribution in [0.2, 0.25) is 0 Å². The summed E-state index contributed by atoms with van der Waals surface area (Å²) in [6.45, 7) is 14.0. The first-order valence-corrected chi connectivity index (χ1v) is 13.5. The summed E-state index contributed by atoms with van der Waals surface area (Å²) in [5.74, 6) is -0.220. The number of amides is 2. The molecule has 192 valence electrons. The number of carbonyl (C=O) groups is 3. The van der Waals surface area contributed by atoms with E-state index in [-0.39, 0.29) is 29.1 Å². The van der Waals surface area contributed by atoms with Gasteiger partial charge in [0.15, 0.2) is 5.78 Å². The highest BCUT2D eigenvalue weighted by Gasteiger charge is 2.41. The van der Waals surface area contributed by atoms with Crippen LogP contribution < -0.4 is 5.32 Å². The number of carbonyl (C=O) groups excluding carboxylic acids is 3. The maximum Gasteiger partial charge on any atom is 0.246 e. The zero-order valence-corrected chi connectivity index (χ0v) is 23.1. The van der Waals surface area contributed by atoms with Gasteiger partial charge in [-0.2, -0.15) is 0 Å². The first kappa shape index (κ1) is 28.7. The summed E-state index contributed by atoms with van der Waals surface area (Å²) in [7, 11) is 0. The highest BCUT2D eigenvalue weighted by Crippen LogP contribution is 2.28. The van der Waals surface area contributed by atoms with Gasteiger partial charge in [-0.1, -0.05) is 58.9 Å². The van der Waals surface area contributed by atoms with Crippen molar-refractivity contribution in [1.82, 2.24) is 15.2 Å². The zero-order valence-electron chi connectivity index (χ0n) is 22.3. The SMILES string of the molecule is CCCC(=O)C1CCCN1C(=O)C(NC(C)=O)C(C)(C)C.CCc1ccc(-c2scnc2C)cc1. The Labute approximate surface area is 214 Å². The molecule has 1 aromatic heterocycles. The van der Waals surface area contributed by atoms with Crippen molar-refractivity contribution in [1.29, 1.82) is 0 Å². The molecule has 0 radical (unpaired) electrons. The maximum atomic E-state index is 12.8.